The molecule has 0 aromatic carbocycles. The van der Waals surface area contributed by atoms with Gasteiger partial charge < -0.3 is 9.64 Å². The van der Waals surface area contributed by atoms with E-state index in [-0.39, 0.29) is 52.5 Å². The first kappa shape index (κ1) is 25.4. The minimum atomic E-state index is -3.84. The number of halogens is 2. The molecule has 1 amide bonds. The van der Waals surface area contributed by atoms with Gasteiger partial charge in [-0.1, -0.05) is 32.4 Å². The second-order valence-corrected chi connectivity index (χ2v) is 13.6. The molecule has 5 atom stereocenters. The Morgan fingerprint density at radius 3 is 2.53 bits per heavy atom. The number of fused-ring (bicyclic) bond motifs is 5. The molecule has 5 heterocycles. The van der Waals surface area contributed by atoms with Crippen LogP contribution in [0, 0.1) is 11.7 Å². The molecule has 3 aliphatic rings. The Kier molecular flexibility index (Phi) is 5.90. The fourth-order valence-electron chi connectivity index (χ4n) is 5.93. The summed E-state index contributed by atoms with van der Waals surface area (Å²) in [5.41, 5.74) is -0.232. The van der Waals surface area contributed by atoms with Gasteiger partial charge in [0.15, 0.2) is 11.0 Å². The average molecular weight is 540 g/mol. The number of carbonyl (C=O) groups is 1. The van der Waals surface area contributed by atoms with Crippen LogP contribution in [0.4, 0.5) is 15.0 Å². The Labute approximate surface area is 215 Å². The summed E-state index contributed by atoms with van der Waals surface area (Å²) in [4.78, 5) is 30.2. The molecular formula is C24H31ClFN5O4S. The van der Waals surface area contributed by atoms with Crippen LogP contribution in [0.5, 0.6) is 0 Å². The third-order valence-electron chi connectivity index (χ3n) is 7.73. The number of carbonyl (C=O) groups excluding carboxylic acids is 1. The number of nitrogens with zero attached hydrogens (tertiary/aromatic N) is 5. The molecule has 196 valence electrons. The van der Waals surface area contributed by atoms with Crippen LogP contribution in [0.15, 0.2) is 5.16 Å². The van der Waals surface area contributed by atoms with E-state index >= 15 is 4.39 Å². The zero-order chi connectivity index (χ0) is 26.3. The highest BCUT2D eigenvalue weighted by molar-refractivity contribution is 7.91. The molecule has 3 aliphatic heterocycles. The minimum absolute atomic E-state index is 0.0448. The first-order chi connectivity index (χ1) is 16.7. The fourth-order valence-corrected chi connectivity index (χ4v) is 6.82. The van der Waals surface area contributed by atoms with Crippen molar-refractivity contribution in [1.82, 2.24) is 19.9 Å². The second kappa shape index (κ2) is 8.37. The minimum Gasteiger partial charge on any atom is -0.444 e. The maximum Gasteiger partial charge on any atom is 0.410 e. The quantitative estimate of drug-likeness (QED) is 0.410. The summed E-state index contributed by atoms with van der Waals surface area (Å²) in [6.07, 6.45) is 1.20. The van der Waals surface area contributed by atoms with Crippen molar-refractivity contribution in [2.75, 3.05) is 17.2 Å². The summed E-state index contributed by atoms with van der Waals surface area (Å²) in [7, 11) is -3.84. The Bertz CT molecular complexity index is 1360. The van der Waals surface area contributed by atoms with Gasteiger partial charge >= 0.3 is 6.09 Å². The molecule has 12 heteroatoms. The molecule has 2 aromatic rings. The van der Waals surface area contributed by atoms with Gasteiger partial charge in [-0.2, -0.15) is 0 Å². The molecule has 2 aromatic heterocycles. The van der Waals surface area contributed by atoms with E-state index < -0.39 is 26.4 Å². The van der Waals surface area contributed by atoms with E-state index in [0.717, 1.165) is 12.8 Å². The number of aromatic nitrogens is 3. The molecular weight excluding hydrogens is 509 g/mol. The van der Waals surface area contributed by atoms with E-state index in [1.54, 1.807) is 0 Å². The normalized spacial score (nSPS) is 27.7. The van der Waals surface area contributed by atoms with Crippen LogP contribution in [0.3, 0.4) is 0 Å². The monoisotopic (exact) mass is 539 g/mol. The number of ether oxygens (including phenoxy) is 1. The summed E-state index contributed by atoms with van der Waals surface area (Å²) in [5, 5.41) is -0.390. The van der Waals surface area contributed by atoms with Crippen LogP contribution in [-0.4, -0.2) is 70.4 Å². The van der Waals surface area contributed by atoms with Crippen molar-refractivity contribution >= 4 is 44.3 Å². The fraction of sp³-hybridized carbons (Fsp3) is 0.667. The van der Waals surface area contributed by atoms with Gasteiger partial charge in [-0.25, -0.2) is 32.6 Å². The second-order valence-electron chi connectivity index (χ2n) is 11.0. The van der Waals surface area contributed by atoms with Crippen molar-refractivity contribution in [3.63, 3.8) is 0 Å². The third-order valence-corrected chi connectivity index (χ3v) is 9.48. The predicted molar refractivity (Wildman–Crippen MR) is 134 cm³/mol. The van der Waals surface area contributed by atoms with E-state index in [1.807, 2.05) is 32.6 Å². The Morgan fingerprint density at radius 2 is 1.89 bits per heavy atom. The zero-order valence-corrected chi connectivity index (χ0v) is 22.8. The molecule has 2 bridgehead atoms. The number of anilines is 1. The van der Waals surface area contributed by atoms with Crippen LogP contribution >= 0.6 is 11.6 Å². The number of sulfone groups is 1. The molecule has 9 nitrogen and oxygen atoms in total. The van der Waals surface area contributed by atoms with Gasteiger partial charge in [0.25, 0.3) is 0 Å². The van der Waals surface area contributed by atoms with Gasteiger partial charge in [0, 0.05) is 12.5 Å². The zero-order valence-electron chi connectivity index (χ0n) is 21.2. The van der Waals surface area contributed by atoms with Crippen molar-refractivity contribution in [2.24, 2.45) is 5.92 Å². The van der Waals surface area contributed by atoms with E-state index in [2.05, 4.69) is 26.8 Å². The molecule has 36 heavy (non-hydrogen) atoms. The number of hydrogen-bond acceptors (Lipinski definition) is 8. The van der Waals surface area contributed by atoms with Crippen LogP contribution < -0.4 is 4.90 Å². The Hall–Kier alpha value is -2.27. The van der Waals surface area contributed by atoms with Gasteiger partial charge in [-0.3, -0.25) is 4.90 Å². The lowest BCUT2D eigenvalue weighted by molar-refractivity contribution is 0.00429. The topological polar surface area (TPSA) is 106 Å². The highest BCUT2D eigenvalue weighted by Crippen LogP contribution is 2.49. The van der Waals surface area contributed by atoms with Gasteiger partial charge in [-0.05, 0) is 39.5 Å². The maximum atomic E-state index is 15.3. The summed E-state index contributed by atoms with van der Waals surface area (Å²) >= 11 is 6.18. The van der Waals surface area contributed by atoms with Crippen molar-refractivity contribution in [2.45, 2.75) is 89.2 Å². The van der Waals surface area contributed by atoms with Crippen LogP contribution in [0.2, 0.25) is 5.15 Å². The summed E-state index contributed by atoms with van der Waals surface area (Å²) in [6.45, 7) is 11.5. The molecule has 0 N–H and O–H groups in total. The number of piperazine rings is 1. The molecule has 2 saturated heterocycles. The van der Waals surface area contributed by atoms with E-state index in [1.165, 1.54) is 6.92 Å². The first-order valence-corrected chi connectivity index (χ1v) is 14.4. The largest absolute Gasteiger partial charge is 0.444 e. The summed E-state index contributed by atoms with van der Waals surface area (Å²) in [5.74, 6) is -0.975. The Morgan fingerprint density at radius 1 is 1.19 bits per heavy atom. The van der Waals surface area contributed by atoms with Gasteiger partial charge in [0.1, 0.15) is 16.9 Å². The summed E-state index contributed by atoms with van der Waals surface area (Å²) in [6, 6.07) is -0.536. The highest BCUT2D eigenvalue weighted by atomic mass is 35.5. The summed E-state index contributed by atoms with van der Waals surface area (Å²) < 4.78 is 46.7. The predicted octanol–water partition coefficient (Wildman–Crippen LogP) is 4.32. The maximum absolute atomic E-state index is 15.3. The number of pyridine rings is 1. The first-order valence-electron chi connectivity index (χ1n) is 12.3. The van der Waals surface area contributed by atoms with Crippen molar-refractivity contribution < 1.29 is 22.3 Å². The lowest BCUT2D eigenvalue weighted by Gasteiger charge is -2.49. The van der Waals surface area contributed by atoms with Crippen LogP contribution in [-0.2, 0) is 14.6 Å². The molecule has 2 fully saturated rings. The van der Waals surface area contributed by atoms with Crippen molar-refractivity contribution in [1.29, 1.82) is 0 Å². The standard InChI is InChI=1S/C24H31ClFN5O4S/c1-7-36(33,34)22-28-18-15-17(27-20(25)16(18)26)11(2)12(3)19-14-9-8-13(10-30(19)21(15)29-22)31(14)23(32)35-24(4,5)6/h11-14,19H,7-10H2,1-6H3/t11-,12+,13-,14+,19+/m1/s1. The number of amides is 1. The smallest absolute Gasteiger partial charge is 0.410 e. The van der Waals surface area contributed by atoms with Crippen LogP contribution in [0.25, 0.3) is 10.9 Å². The average Bonchev–Trinajstić information content (AvgIpc) is 3.08. The lowest BCUT2D eigenvalue weighted by atomic mass is 9.82. The van der Waals surface area contributed by atoms with Crippen LogP contribution in [0.1, 0.15) is 66.0 Å². The third kappa shape index (κ3) is 3.81. The molecule has 0 radical (unpaired) electrons. The lowest BCUT2D eigenvalue weighted by Crippen LogP contribution is -2.64. The SMILES string of the molecule is CCS(=O)(=O)c1nc2c3c(nc(Cl)c(F)c3n1)[C@H](C)[C@H](C)[C@H]1[C@@H]3CC[C@H](CN21)N3C(=O)OC(C)(C)C. The van der Waals surface area contributed by atoms with Gasteiger partial charge in [-0.15, -0.1) is 0 Å². The van der Waals surface area contributed by atoms with Gasteiger partial charge in [0.2, 0.25) is 15.0 Å². The van der Waals surface area contributed by atoms with Gasteiger partial charge in [0.05, 0.1) is 35.0 Å². The molecule has 5 rings (SSSR count). The number of rotatable bonds is 2. The molecule has 0 spiro atoms. The van der Waals surface area contributed by atoms with E-state index in [0.29, 0.717) is 23.4 Å². The van der Waals surface area contributed by atoms with E-state index in [4.69, 9.17) is 16.3 Å². The van der Waals surface area contributed by atoms with E-state index in [9.17, 15) is 13.2 Å². The van der Waals surface area contributed by atoms with Crippen molar-refractivity contribution in [3.05, 3.63) is 16.7 Å². The molecule has 0 unspecified atom stereocenters. The number of hydrogen-bond donors (Lipinski definition) is 0. The Balaban J connectivity index is 1.73. The molecule has 0 saturated carbocycles. The van der Waals surface area contributed by atoms with Crippen molar-refractivity contribution in [3.8, 4) is 0 Å². The highest BCUT2D eigenvalue weighted by Gasteiger charge is 2.54. The molecule has 0 aliphatic carbocycles.